The molecule has 3 heterocycles. The molecule has 1 aromatic carbocycles. The van der Waals surface area contributed by atoms with E-state index in [0.717, 1.165) is 33.3 Å². The van der Waals surface area contributed by atoms with Crippen molar-refractivity contribution < 1.29 is 14.4 Å². The van der Waals surface area contributed by atoms with E-state index < -0.39 is 6.04 Å². The van der Waals surface area contributed by atoms with Crippen molar-refractivity contribution in [2.45, 2.75) is 92.8 Å². The number of likely N-dealkylation sites (N-methyl/N-ethyl adjacent to an activating group) is 1. The van der Waals surface area contributed by atoms with Crippen molar-refractivity contribution in [3.8, 4) is 0 Å². The first-order chi connectivity index (χ1) is 19.4. The second-order valence-corrected chi connectivity index (χ2v) is 12.0. The summed E-state index contributed by atoms with van der Waals surface area (Å²) in [6.07, 6.45) is 1.71. The highest BCUT2D eigenvalue weighted by molar-refractivity contribution is 5.94. The van der Waals surface area contributed by atoms with Gasteiger partial charge in [0.15, 0.2) is 0 Å². The Bertz CT molecular complexity index is 1440. The molecule has 0 bridgehead atoms. The van der Waals surface area contributed by atoms with Crippen molar-refractivity contribution in [3.63, 3.8) is 0 Å². The number of H-pyrrole nitrogens is 1. The lowest BCUT2D eigenvalue weighted by Crippen LogP contribution is -2.47. The van der Waals surface area contributed by atoms with Crippen molar-refractivity contribution >= 4 is 28.6 Å². The van der Waals surface area contributed by atoms with Gasteiger partial charge in [0.1, 0.15) is 17.7 Å². The normalized spacial score (nSPS) is 19.4. The topological polar surface area (TPSA) is 116 Å². The van der Waals surface area contributed by atoms with Crippen LogP contribution >= 0.6 is 0 Å². The molecule has 2 N–H and O–H groups in total. The molecule has 1 aliphatic heterocycles. The van der Waals surface area contributed by atoms with Gasteiger partial charge in [-0.2, -0.15) is 5.10 Å². The Morgan fingerprint density at radius 2 is 1.78 bits per heavy atom. The van der Waals surface area contributed by atoms with Gasteiger partial charge in [0.05, 0.1) is 19.0 Å². The lowest BCUT2D eigenvalue weighted by Gasteiger charge is -2.29. The number of carbonyl (C=O) groups excluding carboxylic acids is 3. The smallest absolute Gasteiger partial charge is 0.243 e. The maximum absolute atomic E-state index is 13.9. The van der Waals surface area contributed by atoms with Gasteiger partial charge < -0.3 is 20.1 Å². The molecule has 0 aliphatic carbocycles. The highest BCUT2D eigenvalue weighted by Gasteiger charge is 2.29. The number of carbonyl (C=O) groups is 3. The quantitative estimate of drug-likeness (QED) is 0.499. The molecule has 2 aromatic heterocycles. The molecule has 0 spiro atoms. The summed E-state index contributed by atoms with van der Waals surface area (Å²) in [6.45, 7) is 15.3. The molecule has 0 radical (unpaired) electrons. The number of hydrogen-bond acceptors (Lipinski definition) is 5. The number of fused-ring (bicyclic) bond motifs is 2. The van der Waals surface area contributed by atoms with Crippen LogP contribution in [0.5, 0.6) is 0 Å². The predicted molar refractivity (Wildman–Crippen MR) is 159 cm³/mol. The zero-order chi connectivity index (χ0) is 30.0. The molecule has 0 unspecified atom stereocenters. The van der Waals surface area contributed by atoms with E-state index >= 15 is 0 Å². The third-order valence-electron chi connectivity index (χ3n) is 8.27. The van der Waals surface area contributed by atoms with E-state index in [1.165, 1.54) is 4.90 Å². The zero-order valence-corrected chi connectivity index (χ0v) is 25.8. The van der Waals surface area contributed by atoms with Crippen LogP contribution in [0.4, 0.5) is 0 Å². The van der Waals surface area contributed by atoms with Crippen LogP contribution in [0.1, 0.15) is 80.1 Å². The second-order valence-electron chi connectivity index (χ2n) is 12.0. The number of benzene rings is 1. The fourth-order valence-electron chi connectivity index (χ4n) is 5.75. The van der Waals surface area contributed by atoms with Crippen molar-refractivity contribution in [2.24, 2.45) is 5.92 Å². The molecule has 222 valence electrons. The molecule has 1 aliphatic rings. The Kier molecular flexibility index (Phi) is 9.19. The lowest BCUT2D eigenvalue weighted by atomic mass is 10.0. The van der Waals surface area contributed by atoms with Gasteiger partial charge >= 0.3 is 0 Å². The Morgan fingerprint density at radius 3 is 2.49 bits per heavy atom. The number of aromatic amines is 1. The summed E-state index contributed by atoms with van der Waals surface area (Å²) in [7, 11) is 1.66. The standard InChI is InChI=1S/C31H45N7O3/c1-18(2)16-25-30-33-23(7)35-38(30)15-14-37(13-9-10-26(39)36(8)22(6)31(41)34-25)27(40)17-24-21(5)32-29-20(4)12-11-19(3)28(24)29/h11-12,18,22,25,32H,9-10,13-17H2,1-8H3,(H,34,41)/t22-,25+/m0/s1. The highest BCUT2D eigenvalue weighted by Crippen LogP contribution is 2.29. The van der Waals surface area contributed by atoms with Crippen LogP contribution in [-0.4, -0.2) is 73.4 Å². The predicted octanol–water partition coefficient (Wildman–Crippen LogP) is 3.91. The van der Waals surface area contributed by atoms with Gasteiger partial charge in [-0.05, 0) is 70.1 Å². The molecule has 2 atom stereocenters. The molecular formula is C31H45N7O3. The average molecular weight is 564 g/mol. The Morgan fingerprint density at radius 1 is 1.07 bits per heavy atom. The summed E-state index contributed by atoms with van der Waals surface area (Å²) < 4.78 is 1.83. The van der Waals surface area contributed by atoms with Gasteiger partial charge in [-0.15, -0.1) is 0 Å². The number of amides is 3. The van der Waals surface area contributed by atoms with Crippen molar-refractivity contribution in [1.82, 2.24) is 34.9 Å². The van der Waals surface area contributed by atoms with Gasteiger partial charge in [-0.3, -0.25) is 14.4 Å². The third-order valence-corrected chi connectivity index (χ3v) is 8.27. The molecule has 10 heteroatoms. The number of nitrogens with zero attached hydrogens (tertiary/aromatic N) is 5. The molecule has 0 fully saturated rings. The van der Waals surface area contributed by atoms with Crippen LogP contribution in [0.15, 0.2) is 12.1 Å². The van der Waals surface area contributed by atoms with E-state index in [-0.39, 0.29) is 36.6 Å². The van der Waals surface area contributed by atoms with Crippen LogP contribution in [0.3, 0.4) is 0 Å². The molecule has 3 aromatic rings. The van der Waals surface area contributed by atoms with E-state index in [1.807, 2.05) is 23.4 Å². The molecule has 4 rings (SSSR count). The SMILES string of the molecule is Cc1nc2n(n1)CCN(C(=O)Cc1c(C)[nH]c3c(C)ccc(C)c13)CCCC(=O)N(C)[C@@H](C)C(=O)N[C@@H]2CC(C)C. The number of aryl methyl sites for hydroxylation is 4. The monoisotopic (exact) mass is 563 g/mol. The first-order valence-electron chi connectivity index (χ1n) is 14.7. The maximum Gasteiger partial charge on any atom is 0.243 e. The van der Waals surface area contributed by atoms with Crippen molar-refractivity contribution in [2.75, 3.05) is 20.1 Å². The number of hydrogen-bond donors (Lipinski definition) is 2. The van der Waals surface area contributed by atoms with E-state index in [2.05, 4.69) is 55.2 Å². The van der Waals surface area contributed by atoms with E-state index in [9.17, 15) is 14.4 Å². The van der Waals surface area contributed by atoms with Gasteiger partial charge in [0.2, 0.25) is 17.7 Å². The largest absolute Gasteiger partial charge is 0.358 e. The minimum Gasteiger partial charge on any atom is -0.358 e. The molecule has 0 saturated carbocycles. The summed E-state index contributed by atoms with van der Waals surface area (Å²) >= 11 is 0. The first kappa shape index (κ1) is 30.3. The summed E-state index contributed by atoms with van der Waals surface area (Å²) in [5.41, 5.74) is 5.39. The second kappa shape index (κ2) is 12.4. The molecular weight excluding hydrogens is 518 g/mol. The van der Waals surface area contributed by atoms with Gasteiger partial charge in [0.25, 0.3) is 0 Å². The third kappa shape index (κ3) is 6.63. The first-order valence-corrected chi connectivity index (χ1v) is 14.7. The summed E-state index contributed by atoms with van der Waals surface area (Å²) in [6, 6.07) is 3.21. The van der Waals surface area contributed by atoms with Gasteiger partial charge in [0, 0.05) is 43.2 Å². The van der Waals surface area contributed by atoms with Crippen LogP contribution in [0.2, 0.25) is 0 Å². The molecule has 10 nitrogen and oxygen atoms in total. The Balaban J connectivity index is 1.66. The summed E-state index contributed by atoms with van der Waals surface area (Å²) in [5, 5.41) is 8.89. The minimum absolute atomic E-state index is 0.0154. The van der Waals surface area contributed by atoms with Crippen LogP contribution in [0.25, 0.3) is 10.9 Å². The van der Waals surface area contributed by atoms with E-state index in [0.29, 0.717) is 50.0 Å². The Hall–Kier alpha value is -3.69. The van der Waals surface area contributed by atoms with Gasteiger partial charge in [-0.25, -0.2) is 9.67 Å². The van der Waals surface area contributed by atoms with Crippen molar-refractivity contribution in [1.29, 1.82) is 0 Å². The van der Waals surface area contributed by atoms with E-state index in [1.54, 1.807) is 14.0 Å². The van der Waals surface area contributed by atoms with Crippen LogP contribution in [0, 0.1) is 33.6 Å². The van der Waals surface area contributed by atoms with E-state index in [4.69, 9.17) is 4.98 Å². The molecule has 3 amide bonds. The summed E-state index contributed by atoms with van der Waals surface area (Å²) in [5.74, 6) is 1.27. The Labute approximate surface area is 242 Å². The fourth-order valence-corrected chi connectivity index (χ4v) is 5.75. The lowest BCUT2D eigenvalue weighted by molar-refractivity contribution is -0.139. The average Bonchev–Trinajstić information content (AvgIpc) is 3.45. The highest BCUT2D eigenvalue weighted by atomic mass is 16.2. The molecule has 41 heavy (non-hydrogen) atoms. The molecule has 0 saturated heterocycles. The number of rotatable bonds is 4. The maximum atomic E-state index is 13.9. The number of aromatic nitrogens is 4. The van der Waals surface area contributed by atoms with Crippen LogP contribution < -0.4 is 5.32 Å². The summed E-state index contributed by atoms with van der Waals surface area (Å²) in [4.78, 5) is 51.6. The number of nitrogens with one attached hydrogen (secondary N) is 2. The van der Waals surface area contributed by atoms with Crippen LogP contribution in [-0.2, 0) is 27.3 Å². The fraction of sp³-hybridized carbons (Fsp3) is 0.581. The zero-order valence-electron chi connectivity index (χ0n) is 25.8. The van der Waals surface area contributed by atoms with Crippen molar-refractivity contribution in [3.05, 3.63) is 46.2 Å². The van der Waals surface area contributed by atoms with Gasteiger partial charge in [-0.1, -0.05) is 26.0 Å². The minimum atomic E-state index is -0.633.